The van der Waals surface area contributed by atoms with E-state index in [0.29, 0.717) is 23.7 Å². The Kier molecular flexibility index (Phi) is 7.05. The van der Waals surface area contributed by atoms with Gasteiger partial charge in [-0.3, -0.25) is 14.6 Å². The van der Waals surface area contributed by atoms with Gasteiger partial charge in [0, 0.05) is 5.71 Å². The molecule has 1 saturated heterocycles. The molecule has 0 aromatic heterocycles. The van der Waals surface area contributed by atoms with Crippen LogP contribution < -0.4 is 9.91 Å². The molecule has 0 aliphatic carbocycles. The number of nitrogens with one attached hydrogen (secondary N) is 1. The van der Waals surface area contributed by atoms with E-state index in [1.807, 2.05) is 0 Å². The summed E-state index contributed by atoms with van der Waals surface area (Å²) in [5.41, 5.74) is 1.42. The van der Waals surface area contributed by atoms with Crippen molar-refractivity contribution in [2.24, 2.45) is 16.0 Å². The fourth-order valence-electron chi connectivity index (χ4n) is 3.44. The average Bonchev–Trinajstić information content (AvgIpc) is 3.05. The third kappa shape index (κ3) is 5.24. The van der Waals surface area contributed by atoms with Crippen LogP contribution in [0.2, 0.25) is 0 Å². The number of benzene rings is 1. The fourth-order valence-corrected chi connectivity index (χ4v) is 3.44. The number of carbonyl (C=O) groups is 2. The predicted octanol–water partition coefficient (Wildman–Crippen LogP) is 0.0836. The lowest BCUT2D eigenvalue weighted by molar-refractivity contribution is -0.906. The highest BCUT2D eigenvalue weighted by atomic mass is 19.1. The second kappa shape index (κ2) is 9.71. The molecular weight excluding hydrogens is 379 g/mol. The molecule has 9 heteroatoms. The van der Waals surface area contributed by atoms with Crippen molar-refractivity contribution in [2.75, 3.05) is 51.5 Å². The minimum absolute atomic E-state index is 0.105. The maximum Gasteiger partial charge on any atom is 0.311 e. The van der Waals surface area contributed by atoms with Crippen molar-refractivity contribution in [1.82, 2.24) is 0 Å². The molecule has 29 heavy (non-hydrogen) atoms. The third-order valence-corrected chi connectivity index (χ3v) is 5.09. The van der Waals surface area contributed by atoms with Crippen molar-refractivity contribution in [1.29, 1.82) is 0 Å². The van der Waals surface area contributed by atoms with Crippen molar-refractivity contribution in [3.63, 3.8) is 0 Å². The van der Waals surface area contributed by atoms with E-state index >= 15 is 0 Å². The number of hydrazone groups is 1. The Labute approximate surface area is 169 Å². The highest BCUT2D eigenvalue weighted by molar-refractivity contribution is 6.30. The molecule has 3 rings (SSSR count). The molecule has 0 saturated carbocycles. The smallest absolute Gasteiger partial charge is 0.311 e. The monoisotopic (exact) mass is 405 g/mol. The number of ether oxygens (including phenoxy) is 2. The average molecular weight is 405 g/mol. The van der Waals surface area contributed by atoms with Crippen LogP contribution >= 0.6 is 0 Å². The number of amides is 1. The van der Waals surface area contributed by atoms with Crippen molar-refractivity contribution >= 4 is 29.0 Å². The number of esters is 1. The Morgan fingerprint density at radius 2 is 2.03 bits per heavy atom. The number of morpholine rings is 1. The zero-order chi connectivity index (χ0) is 20.8. The maximum atomic E-state index is 13.2. The van der Waals surface area contributed by atoms with Gasteiger partial charge in [0.15, 0.2) is 0 Å². The minimum Gasteiger partial charge on any atom is -0.469 e. The first-order valence-corrected chi connectivity index (χ1v) is 9.65. The molecule has 8 nitrogen and oxygen atoms in total. The van der Waals surface area contributed by atoms with E-state index in [0.717, 1.165) is 32.8 Å². The lowest BCUT2D eigenvalue weighted by Gasteiger charge is -2.23. The summed E-state index contributed by atoms with van der Waals surface area (Å²) in [5, 5.41) is 5.53. The van der Waals surface area contributed by atoms with Gasteiger partial charge in [-0.25, -0.2) is 4.39 Å². The minimum atomic E-state index is -0.723. The number of carbonyl (C=O) groups excluding carboxylic acids is 2. The summed E-state index contributed by atoms with van der Waals surface area (Å²) in [4.78, 5) is 30.9. The molecule has 2 aliphatic rings. The van der Waals surface area contributed by atoms with Crippen LogP contribution in [0.4, 0.5) is 10.1 Å². The van der Waals surface area contributed by atoms with E-state index in [1.165, 1.54) is 41.3 Å². The molecule has 1 unspecified atom stereocenters. The van der Waals surface area contributed by atoms with Gasteiger partial charge >= 0.3 is 5.97 Å². The maximum absolute atomic E-state index is 13.2. The van der Waals surface area contributed by atoms with Crippen molar-refractivity contribution in [2.45, 2.75) is 13.3 Å². The first-order valence-electron chi connectivity index (χ1n) is 9.65. The highest BCUT2D eigenvalue weighted by Crippen LogP contribution is 2.26. The molecule has 2 aliphatic heterocycles. The van der Waals surface area contributed by atoms with E-state index in [4.69, 9.17) is 9.47 Å². The summed E-state index contributed by atoms with van der Waals surface area (Å²) in [7, 11) is 1.29. The number of methoxy groups -OCH3 is 1. The molecule has 1 N–H and O–H groups in total. The second-order valence-electron chi connectivity index (χ2n) is 7.04. The molecule has 0 bridgehead atoms. The molecule has 156 valence electrons. The summed E-state index contributed by atoms with van der Waals surface area (Å²) in [6, 6.07) is 5.47. The third-order valence-electron chi connectivity index (χ3n) is 5.09. The van der Waals surface area contributed by atoms with E-state index in [9.17, 15) is 14.0 Å². The van der Waals surface area contributed by atoms with Crippen molar-refractivity contribution < 1.29 is 28.4 Å². The van der Waals surface area contributed by atoms with E-state index in [1.54, 1.807) is 6.92 Å². The van der Waals surface area contributed by atoms with Gasteiger partial charge in [-0.1, -0.05) is 0 Å². The van der Waals surface area contributed by atoms with Gasteiger partial charge in [0.1, 0.15) is 24.8 Å². The Balaban J connectivity index is 1.75. The first kappa shape index (κ1) is 21.1. The number of hydrogen-bond donors (Lipinski definition) is 1. The molecule has 1 aromatic rings. The van der Waals surface area contributed by atoms with Gasteiger partial charge in [-0.15, -0.1) is 0 Å². The zero-order valence-corrected chi connectivity index (χ0v) is 16.7. The van der Waals surface area contributed by atoms with Gasteiger partial charge in [-0.2, -0.15) is 10.1 Å². The SMILES string of the molecule is COC(=O)CC1=NN(c2ccc(F)cc2)C(=O)C1C(C)=NCC[NH+]1CCOCC1. The van der Waals surface area contributed by atoms with E-state index < -0.39 is 17.7 Å². The largest absolute Gasteiger partial charge is 0.469 e. The Bertz CT molecular complexity index is 803. The Hall–Kier alpha value is -2.65. The Morgan fingerprint density at radius 1 is 1.34 bits per heavy atom. The van der Waals surface area contributed by atoms with Gasteiger partial charge in [-0.05, 0) is 31.2 Å². The lowest BCUT2D eigenvalue weighted by atomic mass is 9.96. The normalized spacial score (nSPS) is 20.7. The Morgan fingerprint density at radius 3 is 2.69 bits per heavy atom. The molecule has 1 fully saturated rings. The number of nitrogens with zero attached hydrogens (tertiary/aromatic N) is 3. The zero-order valence-electron chi connectivity index (χ0n) is 16.7. The number of hydrogen-bond acceptors (Lipinski definition) is 6. The number of aliphatic imine (C=N–C) groups is 1. The van der Waals surface area contributed by atoms with Gasteiger partial charge in [0.25, 0.3) is 5.91 Å². The standard InChI is InChI=1S/C20H25FN4O4/c1-14(22-7-8-24-9-11-29-12-10-24)19-17(13-18(26)28-2)23-25(20(19)27)16-5-3-15(21)4-6-16/h3-6,19H,7-13H2,1-2H3/p+1. The van der Waals surface area contributed by atoms with Crippen molar-refractivity contribution in [3.8, 4) is 0 Å². The molecule has 0 spiro atoms. The highest BCUT2D eigenvalue weighted by Gasteiger charge is 2.39. The van der Waals surface area contributed by atoms with Crippen LogP contribution in [-0.2, 0) is 19.1 Å². The number of anilines is 1. The number of quaternary nitrogens is 1. The molecule has 0 radical (unpaired) electrons. The number of halogens is 1. The molecule has 1 atom stereocenters. The van der Waals surface area contributed by atoms with Gasteiger partial charge in [0.2, 0.25) is 0 Å². The molecule has 1 aromatic carbocycles. The summed E-state index contributed by atoms with van der Waals surface area (Å²) >= 11 is 0. The van der Waals surface area contributed by atoms with Crippen LogP contribution in [0.25, 0.3) is 0 Å². The summed E-state index contributed by atoms with van der Waals surface area (Å²) in [6.45, 7) is 6.61. The quantitative estimate of drug-likeness (QED) is 0.515. The predicted molar refractivity (Wildman–Crippen MR) is 106 cm³/mol. The van der Waals surface area contributed by atoms with Crippen LogP contribution in [0, 0.1) is 11.7 Å². The molecule has 2 heterocycles. The summed E-state index contributed by atoms with van der Waals surface area (Å²) < 4.78 is 23.3. The fraction of sp³-hybridized carbons (Fsp3) is 0.500. The summed E-state index contributed by atoms with van der Waals surface area (Å²) in [6.07, 6.45) is -0.105. The van der Waals surface area contributed by atoms with Crippen LogP contribution in [-0.4, -0.2) is 69.8 Å². The molecule has 1 amide bonds. The number of rotatable bonds is 7. The van der Waals surface area contributed by atoms with Gasteiger partial charge in [0.05, 0.1) is 51.2 Å². The van der Waals surface area contributed by atoms with Crippen LogP contribution in [0.15, 0.2) is 34.4 Å². The topological polar surface area (TPSA) is 85.0 Å². The van der Waals surface area contributed by atoms with Gasteiger partial charge < -0.3 is 14.4 Å². The second-order valence-corrected chi connectivity index (χ2v) is 7.04. The first-order chi connectivity index (χ1) is 14.0. The van der Waals surface area contributed by atoms with Crippen LogP contribution in [0.3, 0.4) is 0 Å². The summed E-state index contributed by atoms with van der Waals surface area (Å²) in [5.74, 6) is -1.92. The van der Waals surface area contributed by atoms with Crippen LogP contribution in [0.5, 0.6) is 0 Å². The van der Waals surface area contributed by atoms with E-state index in [-0.39, 0.29) is 12.3 Å². The van der Waals surface area contributed by atoms with Crippen LogP contribution in [0.1, 0.15) is 13.3 Å². The lowest BCUT2D eigenvalue weighted by Crippen LogP contribution is -3.14. The molecular formula is C20H26FN4O4+. The van der Waals surface area contributed by atoms with Crippen molar-refractivity contribution in [3.05, 3.63) is 30.1 Å². The van der Waals surface area contributed by atoms with E-state index in [2.05, 4.69) is 10.1 Å².